The number of nitrogens with zero attached hydrogens (tertiary/aromatic N) is 4. The van der Waals surface area contributed by atoms with E-state index in [0.717, 1.165) is 24.9 Å². The molecule has 8 nitrogen and oxygen atoms in total. The highest BCUT2D eigenvalue weighted by atomic mass is 32.2. The van der Waals surface area contributed by atoms with Gasteiger partial charge in [-0.05, 0) is 62.2 Å². The first kappa shape index (κ1) is 25.4. The number of piperidine rings is 1. The summed E-state index contributed by atoms with van der Waals surface area (Å²) >= 11 is 0. The highest BCUT2D eigenvalue weighted by Gasteiger charge is 2.28. The maximum atomic E-state index is 13.5. The average molecular weight is 527 g/mol. The van der Waals surface area contributed by atoms with E-state index in [2.05, 4.69) is 4.90 Å². The number of amides is 1. The van der Waals surface area contributed by atoms with Crippen molar-refractivity contribution in [3.63, 3.8) is 0 Å². The summed E-state index contributed by atoms with van der Waals surface area (Å²) in [5.74, 6) is -0.662. The average Bonchev–Trinajstić information content (AvgIpc) is 2.94. The van der Waals surface area contributed by atoms with Crippen molar-refractivity contribution in [2.75, 3.05) is 44.2 Å². The minimum Gasteiger partial charge on any atom is -0.368 e. The summed E-state index contributed by atoms with van der Waals surface area (Å²) in [6.45, 7) is 5.35. The molecule has 1 amide bonds. The van der Waals surface area contributed by atoms with Crippen LogP contribution < -0.4 is 10.3 Å². The van der Waals surface area contributed by atoms with E-state index in [1.54, 1.807) is 35.4 Å². The van der Waals surface area contributed by atoms with Crippen LogP contribution in [0.25, 0.3) is 10.9 Å². The number of piperazine rings is 1. The smallest absolute Gasteiger partial charge is 0.259 e. The standard InChI is InChI=1S/C27H31FN4O4S/c1-2-29-19-24(27(34)31-16-14-30(15-17-31)21-8-6-20(28)7-9-21)26(33)23-18-22(10-11-25(23)29)37(35,36)32-12-4-3-5-13-32/h6-11,18-19H,2-5,12-17H2,1H3. The van der Waals surface area contributed by atoms with Gasteiger partial charge in [-0.15, -0.1) is 0 Å². The van der Waals surface area contributed by atoms with Crippen LogP contribution in [0.2, 0.25) is 0 Å². The first-order valence-corrected chi connectivity index (χ1v) is 14.2. The predicted octanol–water partition coefficient (Wildman–Crippen LogP) is 3.30. The van der Waals surface area contributed by atoms with Gasteiger partial charge < -0.3 is 14.4 Å². The number of fused-ring (bicyclic) bond motifs is 1. The fourth-order valence-electron chi connectivity index (χ4n) is 5.20. The lowest BCUT2D eigenvalue weighted by Crippen LogP contribution is -2.49. The van der Waals surface area contributed by atoms with Gasteiger partial charge in [-0.1, -0.05) is 6.42 Å². The Balaban J connectivity index is 1.44. The Morgan fingerprint density at radius 3 is 2.24 bits per heavy atom. The van der Waals surface area contributed by atoms with Gasteiger partial charge >= 0.3 is 0 Å². The molecule has 0 spiro atoms. The molecule has 1 aromatic heterocycles. The summed E-state index contributed by atoms with van der Waals surface area (Å²) < 4.78 is 43.1. The van der Waals surface area contributed by atoms with Gasteiger partial charge in [0.05, 0.1) is 10.4 Å². The number of benzene rings is 2. The summed E-state index contributed by atoms with van der Waals surface area (Å²) in [7, 11) is -3.72. The zero-order valence-electron chi connectivity index (χ0n) is 20.9. The van der Waals surface area contributed by atoms with Crippen LogP contribution in [0.5, 0.6) is 0 Å². The van der Waals surface area contributed by atoms with Crippen LogP contribution in [0.3, 0.4) is 0 Å². The number of carbonyl (C=O) groups is 1. The van der Waals surface area contributed by atoms with Gasteiger partial charge in [-0.25, -0.2) is 12.8 Å². The van der Waals surface area contributed by atoms with Gasteiger partial charge in [0.1, 0.15) is 11.4 Å². The molecule has 10 heteroatoms. The number of sulfonamides is 1. The number of rotatable bonds is 5. The Morgan fingerprint density at radius 2 is 1.59 bits per heavy atom. The van der Waals surface area contributed by atoms with E-state index in [4.69, 9.17) is 0 Å². The number of halogens is 1. The van der Waals surface area contributed by atoms with Crippen molar-refractivity contribution < 1.29 is 17.6 Å². The van der Waals surface area contributed by atoms with Crippen molar-refractivity contribution >= 4 is 32.5 Å². The first-order chi connectivity index (χ1) is 17.8. The van der Waals surface area contributed by atoms with Crippen LogP contribution in [0.1, 0.15) is 36.5 Å². The van der Waals surface area contributed by atoms with Crippen LogP contribution >= 0.6 is 0 Å². The number of hydrogen-bond donors (Lipinski definition) is 0. The van der Waals surface area contributed by atoms with E-state index >= 15 is 0 Å². The minimum absolute atomic E-state index is 0.0390. The molecule has 2 fully saturated rings. The summed E-state index contributed by atoms with van der Waals surface area (Å²) in [6, 6.07) is 10.9. The predicted molar refractivity (Wildman–Crippen MR) is 141 cm³/mol. The third kappa shape index (κ3) is 4.87. The molecule has 196 valence electrons. The van der Waals surface area contributed by atoms with Gasteiger partial charge in [0.15, 0.2) is 0 Å². The summed E-state index contributed by atoms with van der Waals surface area (Å²) in [6.07, 6.45) is 4.23. The Morgan fingerprint density at radius 1 is 0.919 bits per heavy atom. The van der Waals surface area contributed by atoms with Crippen LogP contribution in [0.4, 0.5) is 10.1 Å². The second-order valence-corrected chi connectivity index (χ2v) is 11.5. The largest absolute Gasteiger partial charge is 0.368 e. The third-order valence-corrected chi connectivity index (χ3v) is 9.23. The second kappa shape index (κ2) is 10.3. The highest BCUT2D eigenvalue weighted by Crippen LogP contribution is 2.24. The van der Waals surface area contributed by atoms with E-state index in [0.29, 0.717) is 51.3 Å². The Hall–Kier alpha value is -3.24. The molecule has 37 heavy (non-hydrogen) atoms. The van der Waals surface area contributed by atoms with E-state index in [1.807, 2.05) is 11.5 Å². The lowest BCUT2D eigenvalue weighted by Gasteiger charge is -2.36. The van der Waals surface area contributed by atoms with E-state index in [9.17, 15) is 22.4 Å². The molecule has 3 heterocycles. The molecule has 3 aromatic rings. The molecule has 0 bridgehead atoms. The zero-order chi connectivity index (χ0) is 26.2. The summed E-state index contributed by atoms with van der Waals surface area (Å²) in [5, 5.41) is 0.232. The summed E-state index contributed by atoms with van der Waals surface area (Å²) in [5.41, 5.74) is 1.07. The number of aromatic nitrogens is 1. The molecule has 0 saturated carbocycles. The zero-order valence-corrected chi connectivity index (χ0v) is 21.7. The quantitative estimate of drug-likeness (QED) is 0.510. The molecule has 0 radical (unpaired) electrons. The van der Waals surface area contributed by atoms with Gasteiger partial charge in [-0.3, -0.25) is 9.59 Å². The Kier molecular flexibility index (Phi) is 7.04. The molecule has 0 N–H and O–H groups in total. The highest BCUT2D eigenvalue weighted by molar-refractivity contribution is 7.89. The van der Waals surface area contributed by atoms with Crippen molar-refractivity contribution in [1.82, 2.24) is 13.8 Å². The number of pyridine rings is 1. The molecular weight excluding hydrogens is 495 g/mol. The topological polar surface area (TPSA) is 82.9 Å². The van der Waals surface area contributed by atoms with Crippen LogP contribution in [-0.2, 0) is 16.6 Å². The van der Waals surface area contributed by atoms with Crippen LogP contribution in [0.15, 0.2) is 58.4 Å². The van der Waals surface area contributed by atoms with Gasteiger partial charge in [0, 0.05) is 63.1 Å². The summed E-state index contributed by atoms with van der Waals surface area (Å²) in [4.78, 5) is 30.8. The molecule has 2 saturated heterocycles. The van der Waals surface area contributed by atoms with E-state index < -0.39 is 15.5 Å². The van der Waals surface area contributed by atoms with Crippen molar-refractivity contribution in [3.05, 3.63) is 70.3 Å². The Bertz CT molecular complexity index is 1470. The molecule has 0 unspecified atom stereocenters. The van der Waals surface area contributed by atoms with Gasteiger partial charge in [-0.2, -0.15) is 4.31 Å². The van der Waals surface area contributed by atoms with E-state index in [1.165, 1.54) is 22.5 Å². The minimum atomic E-state index is -3.72. The van der Waals surface area contributed by atoms with E-state index in [-0.39, 0.29) is 27.6 Å². The molecule has 2 aromatic carbocycles. The Labute approximate surface area is 215 Å². The fourth-order valence-corrected chi connectivity index (χ4v) is 6.74. The van der Waals surface area contributed by atoms with Gasteiger partial charge in [0.2, 0.25) is 15.5 Å². The molecule has 2 aliphatic heterocycles. The first-order valence-electron chi connectivity index (χ1n) is 12.8. The second-order valence-electron chi connectivity index (χ2n) is 9.56. The third-order valence-electron chi connectivity index (χ3n) is 7.33. The normalized spacial score (nSPS) is 17.4. The number of aryl methyl sites for hydroxylation is 1. The fraction of sp³-hybridized carbons (Fsp3) is 0.407. The molecule has 0 atom stereocenters. The lowest BCUT2D eigenvalue weighted by atomic mass is 10.1. The van der Waals surface area contributed by atoms with Crippen LogP contribution in [-0.4, -0.2) is 67.4 Å². The molecule has 5 rings (SSSR count). The van der Waals surface area contributed by atoms with Crippen molar-refractivity contribution in [1.29, 1.82) is 0 Å². The molecule has 2 aliphatic rings. The van der Waals surface area contributed by atoms with Crippen molar-refractivity contribution in [2.45, 2.75) is 37.6 Å². The molecular formula is C27H31FN4O4S. The maximum Gasteiger partial charge on any atom is 0.259 e. The van der Waals surface area contributed by atoms with Gasteiger partial charge in [0.25, 0.3) is 5.91 Å². The van der Waals surface area contributed by atoms with Crippen molar-refractivity contribution in [3.8, 4) is 0 Å². The monoisotopic (exact) mass is 526 g/mol. The van der Waals surface area contributed by atoms with Crippen molar-refractivity contribution in [2.24, 2.45) is 0 Å². The number of anilines is 1. The maximum absolute atomic E-state index is 13.5. The van der Waals surface area contributed by atoms with Crippen LogP contribution in [0, 0.1) is 5.82 Å². The number of hydrogen-bond acceptors (Lipinski definition) is 5. The number of carbonyl (C=O) groups excluding carboxylic acids is 1. The lowest BCUT2D eigenvalue weighted by molar-refractivity contribution is 0.0745. The SMILES string of the molecule is CCn1cc(C(=O)N2CCN(c3ccc(F)cc3)CC2)c(=O)c2cc(S(=O)(=O)N3CCCCC3)ccc21. The molecule has 0 aliphatic carbocycles.